The van der Waals surface area contributed by atoms with E-state index in [9.17, 15) is 9.18 Å². The van der Waals surface area contributed by atoms with Crippen molar-refractivity contribution in [2.75, 3.05) is 13.1 Å². The fourth-order valence-electron chi connectivity index (χ4n) is 2.88. The summed E-state index contributed by atoms with van der Waals surface area (Å²) in [5.41, 5.74) is 1.81. The SMILES string of the molecule is O=C(Cc1cccc(F)c1)N1CCCC(c2ccn[nH]2)C1. The number of hydrogen-bond donors (Lipinski definition) is 1. The van der Waals surface area contributed by atoms with Crippen LogP contribution in [0.4, 0.5) is 4.39 Å². The second kappa shape index (κ2) is 6.08. The van der Waals surface area contributed by atoms with Crippen molar-refractivity contribution in [1.29, 1.82) is 0 Å². The van der Waals surface area contributed by atoms with Gasteiger partial charge in [-0.15, -0.1) is 0 Å². The average Bonchev–Trinajstić information content (AvgIpc) is 3.02. The summed E-state index contributed by atoms with van der Waals surface area (Å²) in [6, 6.07) is 8.21. The van der Waals surface area contributed by atoms with Gasteiger partial charge in [-0.1, -0.05) is 12.1 Å². The molecule has 2 aromatic rings. The molecule has 110 valence electrons. The number of aromatic nitrogens is 2. The molecule has 1 unspecified atom stereocenters. The van der Waals surface area contributed by atoms with E-state index in [2.05, 4.69) is 10.2 Å². The fraction of sp³-hybridized carbons (Fsp3) is 0.375. The Kier molecular flexibility index (Phi) is 3.99. The van der Waals surface area contributed by atoms with Gasteiger partial charge in [-0.05, 0) is 36.6 Å². The highest BCUT2D eigenvalue weighted by Gasteiger charge is 2.25. The van der Waals surface area contributed by atoms with Gasteiger partial charge >= 0.3 is 0 Å². The Labute approximate surface area is 123 Å². The number of carbonyl (C=O) groups excluding carboxylic acids is 1. The summed E-state index contributed by atoms with van der Waals surface area (Å²) in [6.07, 6.45) is 4.04. The Morgan fingerprint density at radius 3 is 3.10 bits per heavy atom. The molecule has 0 radical (unpaired) electrons. The molecule has 1 aliphatic heterocycles. The lowest BCUT2D eigenvalue weighted by molar-refractivity contribution is -0.131. The Bertz CT molecular complexity index is 612. The van der Waals surface area contributed by atoms with Gasteiger partial charge in [0.15, 0.2) is 0 Å². The molecule has 3 rings (SSSR count). The molecule has 1 fully saturated rings. The predicted molar refractivity (Wildman–Crippen MR) is 77.2 cm³/mol. The zero-order valence-corrected chi connectivity index (χ0v) is 11.8. The molecule has 0 spiro atoms. The number of piperidine rings is 1. The van der Waals surface area contributed by atoms with E-state index in [0.717, 1.165) is 30.6 Å². The van der Waals surface area contributed by atoms with Crippen molar-refractivity contribution in [2.24, 2.45) is 0 Å². The van der Waals surface area contributed by atoms with Gasteiger partial charge in [0.25, 0.3) is 0 Å². The van der Waals surface area contributed by atoms with Crippen LogP contribution in [0.1, 0.15) is 30.0 Å². The van der Waals surface area contributed by atoms with E-state index < -0.39 is 0 Å². The predicted octanol–water partition coefficient (Wildman–Crippen LogP) is 2.50. The van der Waals surface area contributed by atoms with E-state index in [0.29, 0.717) is 12.5 Å². The summed E-state index contributed by atoms with van der Waals surface area (Å²) in [4.78, 5) is 14.2. The minimum Gasteiger partial charge on any atom is -0.342 e. The van der Waals surface area contributed by atoms with Gasteiger partial charge in [0.1, 0.15) is 5.82 Å². The first-order chi connectivity index (χ1) is 10.2. The molecule has 1 atom stereocenters. The highest BCUT2D eigenvalue weighted by Crippen LogP contribution is 2.25. The molecular weight excluding hydrogens is 269 g/mol. The molecule has 2 heterocycles. The van der Waals surface area contributed by atoms with E-state index >= 15 is 0 Å². The van der Waals surface area contributed by atoms with Gasteiger partial charge < -0.3 is 4.90 Å². The quantitative estimate of drug-likeness (QED) is 0.943. The number of rotatable bonds is 3. The third-order valence-electron chi connectivity index (χ3n) is 3.98. The maximum Gasteiger partial charge on any atom is 0.227 e. The maximum atomic E-state index is 13.2. The zero-order chi connectivity index (χ0) is 14.7. The first-order valence-corrected chi connectivity index (χ1v) is 7.24. The van der Waals surface area contributed by atoms with Crippen molar-refractivity contribution < 1.29 is 9.18 Å². The Morgan fingerprint density at radius 2 is 2.33 bits per heavy atom. The van der Waals surface area contributed by atoms with Gasteiger partial charge in [0, 0.05) is 30.9 Å². The van der Waals surface area contributed by atoms with Crippen LogP contribution in [-0.4, -0.2) is 34.1 Å². The summed E-state index contributed by atoms with van der Waals surface area (Å²) in [7, 11) is 0. The third kappa shape index (κ3) is 3.29. The fourth-order valence-corrected chi connectivity index (χ4v) is 2.88. The lowest BCUT2D eigenvalue weighted by Crippen LogP contribution is -2.40. The largest absolute Gasteiger partial charge is 0.342 e. The number of amides is 1. The molecular formula is C16H18FN3O. The van der Waals surface area contributed by atoms with Gasteiger partial charge in [-0.3, -0.25) is 9.89 Å². The van der Waals surface area contributed by atoms with E-state index in [1.807, 2.05) is 11.0 Å². The summed E-state index contributed by atoms with van der Waals surface area (Å²) < 4.78 is 13.2. The number of likely N-dealkylation sites (tertiary alicyclic amines) is 1. The van der Waals surface area contributed by atoms with Crippen molar-refractivity contribution in [3.63, 3.8) is 0 Å². The van der Waals surface area contributed by atoms with Crippen LogP contribution in [-0.2, 0) is 11.2 Å². The number of benzene rings is 1. The summed E-state index contributed by atoms with van der Waals surface area (Å²) in [5.74, 6) is 0.0804. The molecule has 4 nitrogen and oxygen atoms in total. The first-order valence-electron chi connectivity index (χ1n) is 7.24. The monoisotopic (exact) mass is 287 g/mol. The van der Waals surface area contributed by atoms with Gasteiger partial charge in [0.2, 0.25) is 5.91 Å². The summed E-state index contributed by atoms with van der Waals surface area (Å²) in [5, 5.41) is 6.96. The maximum absolute atomic E-state index is 13.2. The normalized spacial score (nSPS) is 18.7. The van der Waals surface area contributed by atoms with Crippen molar-refractivity contribution in [2.45, 2.75) is 25.2 Å². The highest BCUT2D eigenvalue weighted by atomic mass is 19.1. The minimum absolute atomic E-state index is 0.0600. The van der Waals surface area contributed by atoms with E-state index in [4.69, 9.17) is 0 Å². The van der Waals surface area contributed by atoms with Crippen LogP contribution in [0.25, 0.3) is 0 Å². The minimum atomic E-state index is -0.297. The standard InChI is InChI=1S/C16H18FN3O/c17-14-5-1-3-12(9-14)10-16(21)20-8-2-4-13(11-20)15-6-7-18-19-15/h1,3,5-7,9,13H,2,4,8,10-11H2,(H,18,19). The number of hydrogen-bond acceptors (Lipinski definition) is 2. The average molecular weight is 287 g/mol. The smallest absolute Gasteiger partial charge is 0.227 e. The van der Waals surface area contributed by atoms with Crippen LogP contribution in [0.5, 0.6) is 0 Å². The van der Waals surface area contributed by atoms with E-state index in [-0.39, 0.29) is 18.1 Å². The molecule has 1 aliphatic rings. The molecule has 0 saturated carbocycles. The number of carbonyl (C=O) groups is 1. The number of nitrogens with one attached hydrogen (secondary N) is 1. The summed E-state index contributed by atoms with van der Waals surface area (Å²) in [6.45, 7) is 1.48. The lowest BCUT2D eigenvalue weighted by Gasteiger charge is -2.32. The van der Waals surface area contributed by atoms with E-state index in [1.165, 1.54) is 12.1 Å². The second-order valence-electron chi connectivity index (χ2n) is 5.50. The van der Waals surface area contributed by atoms with Crippen LogP contribution in [0.15, 0.2) is 36.5 Å². The van der Waals surface area contributed by atoms with Crippen molar-refractivity contribution in [1.82, 2.24) is 15.1 Å². The molecule has 0 bridgehead atoms. The van der Waals surface area contributed by atoms with Crippen LogP contribution in [0.2, 0.25) is 0 Å². The van der Waals surface area contributed by atoms with Crippen molar-refractivity contribution in [3.8, 4) is 0 Å². The van der Waals surface area contributed by atoms with Gasteiger partial charge in [0.05, 0.1) is 6.42 Å². The van der Waals surface area contributed by atoms with Crippen LogP contribution >= 0.6 is 0 Å². The Morgan fingerprint density at radius 1 is 1.43 bits per heavy atom. The molecule has 1 N–H and O–H groups in total. The van der Waals surface area contributed by atoms with Crippen molar-refractivity contribution >= 4 is 5.91 Å². The van der Waals surface area contributed by atoms with Crippen LogP contribution < -0.4 is 0 Å². The van der Waals surface area contributed by atoms with Crippen LogP contribution in [0, 0.1) is 5.82 Å². The first kappa shape index (κ1) is 13.8. The zero-order valence-electron chi connectivity index (χ0n) is 11.8. The molecule has 0 aliphatic carbocycles. The molecule has 1 saturated heterocycles. The number of aromatic amines is 1. The Hall–Kier alpha value is -2.17. The number of H-pyrrole nitrogens is 1. The second-order valence-corrected chi connectivity index (χ2v) is 5.50. The molecule has 1 aromatic heterocycles. The summed E-state index contributed by atoms with van der Waals surface area (Å²) >= 11 is 0. The van der Waals surface area contributed by atoms with Gasteiger partial charge in [-0.2, -0.15) is 5.10 Å². The molecule has 5 heteroatoms. The van der Waals surface area contributed by atoms with Crippen LogP contribution in [0.3, 0.4) is 0 Å². The lowest BCUT2D eigenvalue weighted by atomic mass is 9.94. The van der Waals surface area contributed by atoms with Crippen molar-refractivity contribution in [3.05, 3.63) is 53.6 Å². The molecule has 1 aromatic carbocycles. The topological polar surface area (TPSA) is 49.0 Å². The van der Waals surface area contributed by atoms with E-state index in [1.54, 1.807) is 18.3 Å². The third-order valence-corrected chi connectivity index (χ3v) is 3.98. The molecule has 1 amide bonds. The number of halogens is 1. The van der Waals surface area contributed by atoms with Gasteiger partial charge in [-0.25, -0.2) is 4.39 Å². The highest BCUT2D eigenvalue weighted by molar-refractivity contribution is 5.79. The number of nitrogens with zero attached hydrogens (tertiary/aromatic N) is 2. The Balaban J connectivity index is 1.64. The molecule has 21 heavy (non-hydrogen) atoms.